The number of methoxy groups -OCH3 is 2. The van der Waals surface area contributed by atoms with Crippen LogP contribution < -0.4 is 18.7 Å². The summed E-state index contributed by atoms with van der Waals surface area (Å²) >= 11 is 0. The highest BCUT2D eigenvalue weighted by Crippen LogP contribution is 2.27. The molecular weight excluding hydrogens is 478 g/mol. The van der Waals surface area contributed by atoms with Gasteiger partial charge < -0.3 is 19.3 Å². The fourth-order valence-corrected chi connectivity index (χ4v) is 5.55. The molecule has 0 spiro atoms. The second kappa shape index (κ2) is 10.9. The van der Waals surface area contributed by atoms with E-state index in [0.29, 0.717) is 37.6 Å². The number of sulfonamides is 1. The van der Waals surface area contributed by atoms with Gasteiger partial charge in [0.25, 0.3) is 10.0 Å². The first-order chi connectivity index (χ1) is 17.3. The van der Waals surface area contributed by atoms with E-state index in [9.17, 15) is 13.2 Å². The zero-order valence-corrected chi connectivity index (χ0v) is 21.6. The summed E-state index contributed by atoms with van der Waals surface area (Å²) in [7, 11) is -0.783. The molecular formula is C27H31N3O5S. The number of hydrogen-bond acceptors (Lipinski definition) is 6. The topological polar surface area (TPSA) is 79.4 Å². The Bertz CT molecular complexity index is 1270. The average molecular weight is 510 g/mol. The van der Waals surface area contributed by atoms with E-state index >= 15 is 0 Å². The SMILES string of the molecule is COc1ccc(N2CCN(C(=O)CN(c3ccc(OC)cc3)S(=O)(=O)c3ccc(C)cc3)CC2)cc1. The van der Waals surface area contributed by atoms with Gasteiger partial charge in [-0.05, 0) is 67.6 Å². The van der Waals surface area contributed by atoms with Crippen LogP contribution >= 0.6 is 0 Å². The number of carbonyl (C=O) groups is 1. The number of piperazine rings is 1. The van der Waals surface area contributed by atoms with Gasteiger partial charge in [0.1, 0.15) is 18.0 Å². The monoisotopic (exact) mass is 509 g/mol. The van der Waals surface area contributed by atoms with Gasteiger partial charge in [0, 0.05) is 31.9 Å². The minimum absolute atomic E-state index is 0.140. The first-order valence-electron chi connectivity index (χ1n) is 11.7. The second-order valence-corrected chi connectivity index (χ2v) is 10.5. The third kappa shape index (κ3) is 5.57. The molecule has 0 bridgehead atoms. The van der Waals surface area contributed by atoms with Crippen LogP contribution in [0.3, 0.4) is 0 Å². The Balaban J connectivity index is 1.51. The van der Waals surface area contributed by atoms with Crippen molar-refractivity contribution in [2.75, 3.05) is 56.1 Å². The van der Waals surface area contributed by atoms with Crippen molar-refractivity contribution >= 4 is 27.3 Å². The fraction of sp³-hybridized carbons (Fsp3) is 0.296. The Morgan fingerprint density at radius 3 is 1.86 bits per heavy atom. The maximum Gasteiger partial charge on any atom is 0.264 e. The van der Waals surface area contributed by atoms with Crippen LogP contribution in [0.5, 0.6) is 11.5 Å². The lowest BCUT2D eigenvalue weighted by molar-refractivity contribution is -0.129. The lowest BCUT2D eigenvalue weighted by atomic mass is 10.2. The second-order valence-electron chi connectivity index (χ2n) is 8.59. The molecule has 36 heavy (non-hydrogen) atoms. The summed E-state index contributed by atoms with van der Waals surface area (Å²) < 4.78 is 38.8. The molecule has 0 atom stereocenters. The molecule has 4 rings (SSSR count). The lowest BCUT2D eigenvalue weighted by Crippen LogP contribution is -2.52. The van der Waals surface area contributed by atoms with E-state index < -0.39 is 10.0 Å². The molecule has 1 heterocycles. The molecule has 0 saturated carbocycles. The van der Waals surface area contributed by atoms with Crippen molar-refractivity contribution in [1.29, 1.82) is 0 Å². The molecule has 1 amide bonds. The highest BCUT2D eigenvalue weighted by atomic mass is 32.2. The minimum atomic E-state index is -3.96. The van der Waals surface area contributed by atoms with Gasteiger partial charge in [-0.25, -0.2) is 8.42 Å². The van der Waals surface area contributed by atoms with Gasteiger partial charge in [-0.2, -0.15) is 0 Å². The van der Waals surface area contributed by atoms with Crippen LogP contribution in [0, 0.1) is 6.92 Å². The molecule has 9 heteroatoms. The van der Waals surface area contributed by atoms with Crippen LogP contribution in [-0.2, 0) is 14.8 Å². The summed E-state index contributed by atoms with van der Waals surface area (Å²) in [6.45, 7) is 3.94. The molecule has 3 aromatic carbocycles. The first-order valence-corrected chi connectivity index (χ1v) is 13.2. The minimum Gasteiger partial charge on any atom is -0.497 e. The summed E-state index contributed by atoms with van der Waals surface area (Å²) in [5, 5.41) is 0. The van der Waals surface area contributed by atoms with Crippen molar-refractivity contribution < 1.29 is 22.7 Å². The number of ether oxygens (including phenoxy) is 2. The van der Waals surface area contributed by atoms with E-state index in [1.54, 1.807) is 67.7 Å². The van der Waals surface area contributed by atoms with Crippen molar-refractivity contribution in [3.63, 3.8) is 0 Å². The van der Waals surface area contributed by atoms with Crippen molar-refractivity contribution in [2.24, 2.45) is 0 Å². The van der Waals surface area contributed by atoms with Crippen LogP contribution in [-0.4, -0.2) is 66.2 Å². The Kier molecular flexibility index (Phi) is 7.69. The normalized spacial score (nSPS) is 13.9. The van der Waals surface area contributed by atoms with E-state index in [-0.39, 0.29) is 17.3 Å². The van der Waals surface area contributed by atoms with Crippen molar-refractivity contribution in [3.05, 3.63) is 78.4 Å². The van der Waals surface area contributed by atoms with Crippen molar-refractivity contribution in [3.8, 4) is 11.5 Å². The summed E-state index contributed by atoms with van der Waals surface area (Å²) in [5.74, 6) is 1.16. The molecule has 0 aliphatic carbocycles. The van der Waals surface area contributed by atoms with E-state index in [1.165, 1.54) is 4.31 Å². The molecule has 0 aromatic heterocycles. The van der Waals surface area contributed by atoms with E-state index in [1.807, 2.05) is 31.2 Å². The van der Waals surface area contributed by atoms with Gasteiger partial charge in [-0.3, -0.25) is 9.10 Å². The van der Waals surface area contributed by atoms with Crippen LogP contribution in [0.4, 0.5) is 11.4 Å². The Hall–Kier alpha value is -3.72. The standard InChI is InChI=1S/C27H31N3O5S/c1-21-4-14-26(15-5-21)36(32,33)30(23-8-12-25(35-3)13-9-23)20-27(31)29-18-16-28(17-19-29)22-6-10-24(34-2)11-7-22/h4-15H,16-20H2,1-3H3. The van der Waals surface area contributed by atoms with Crippen molar-refractivity contribution in [1.82, 2.24) is 4.90 Å². The average Bonchev–Trinajstić information content (AvgIpc) is 2.92. The van der Waals surface area contributed by atoms with Crippen LogP contribution in [0.2, 0.25) is 0 Å². The molecule has 1 fully saturated rings. The van der Waals surface area contributed by atoms with Crippen LogP contribution in [0.1, 0.15) is 5.56 Å². The number of carbonyl (C=O) groups excluding carboxylic acids is 1. The third-order valence-electron chi connectivity index (χ3n) is 6.32. The van der Waals surface area contributed by atoms with Crippen LogP contribution in [0.25, 0.3) is 0 Å². The van der Waals surface area contributed by atoms with Gasteiger partial charge in [-0.15, -0.1) is 0 Å². The highest BCUT2D eigenvalue weighted by Gasteiger charge is 2.30. The fourth-order valence-electron chi connectivity index (χ4n) is 4.13. The molecule has 0 unspecified atom stereocenters. The predicted octanol–water partition coefficient (Wildman–Crippen LogP) is 3.56. The van der Waals surface area contributed by atoms with E-state index in [4.69, 9.17) is 9.47 Å². The van der Waals surface area contributed by atoms with Gasteiger partial charge in [-0.1, -0.05) is 17.7 Å². The van der Waals surface area contributed by atoms with Gasteiger partial charge in [0.15, 0.2) is 0 Å². The van der Waals surface area contributed by atoms with Gasteiger partial charge >= 0.3 is 0 Å². The molecule has 3 aromatic rings. The number of benzene rings is 3. The lowest BCUT2D eigenvalue weighted by Gasteiger charge is -2.37. The summed E-state index contributed by atoms with van der Waals surface area (Å²) in [4.78, 5) is 17.4. The smallest absolute Gasteiger partial charge is 0.264 e. The summed E-state index contributed by atoms with van der Waals surface area (Å²) in [6.07, 6.45) is 0. The Morgan fingerprint density at radius 2 is 1.33 bits per heavy atom. The molecule has 0 radical (unpaired) electrons. The van der Waals surface area contributed by atoms with E-state index in [2.05, 4.69) is 4.90 Å². The van der Waals surface area contributed by atoms with E-state index in [0.717, 1.165) is 17.0 Å². The third-order valence-corrected chi connectivity index (χ3v) is 8.11. The highest BCUT2D eigenvalue weighted by molar-refractivity contribution is 7.92. The summed E-state index contributed by atoms with van der Waals surface area (Å²) in [6, 6.07) is 21.1. The number of anilines is 2. The number of nitrogens with zero attached hydrogens (tertiary/aromatic N) is 3. The Morgan fingerprint density at radius 1 is 0.806 bits per heavy atom. The number of amides is 1. The zero-order valence-electron chi connectivity index (χ0n) is 20.8. The number of aryl methyl sites for hydroxylation is 1. The largest absolute Gasteiger partial charge is 0.497 e. The first kappa shape index (κ1) is 25.4. The maximum absolute atomic E-state index is 13.6. The number of rotatable bonds is 8. The molecule has 1 saturated heterocycles. The predicted molar refractivity (Wildman–Crippen MR) is 140 cm³/mol. The van der Waals surface area contributed by atoms with Gasteiger partial charge in [0.05, 0.1) is 24.8 Å². The molecule has 1 aliphatic rings. The number of hydrogen-bond donors (Lipinski definition) is 0. The Labute approximate surface area is 212 Å². The molecule has 8 nitrogen and oxygen atoms in total. The zero-order chi connectivity index (χ0) is 25.7. The van der Waals surface area contributed by atoms with Gasteiger partial charge in [0.2, 0.25) is 5.91 Å². The molecule has 1 aliphatic heterocycles. The maximum atomic E-state index is 13.6. The summed E-state index contributed by atoms with van der Waals surface area (Å²) in [5.41, 5.74) is 2.42. The molecule has 190 valence electrons. The quantitative estimate of drug-likeness (QED) is 0.462. The van der Waals surface area contributed by atoms with Crippen molar-refractivity contribution in [2.45, 2.75) is 11.8 Å². The van der Waals surface area contributed by atoms with Crippen LogP contribution in [0.15, 0.2) is 77.7 Å². The molecule has 0 N–H and O–H groups in total.